The fourth-order valence-electron chi connectivity index (χ4n) is 5.61. The highest BCUT2D eigenvalue weighted by Crippen LogP contribution is 2.32. The zero-order valence-electron chi connectivity index (χ0n) is 21.2. The van der Waals surface area contributed by atoms with E-state index in [0.717, 1.165) is 63.7 Å². The smallest absolute Gasteiger partial charge is 0.282 e. The van der Waals surface area contributed by atoms with Crippen molar-refractivity contribution in [1.29, 1.82) is 0 Å². The summed E-state index contributed by atoms with van der Waals surface area (Å²) in [5.41, 5.74) is 4.62. The summed E-state index contributed by atoms with van der Waals surface area (Å²) in [6.45, 7) is 2.67. The number of fused-ring (bicyclic) bond motifs is 2. The van der Waals surface area contributed by atoms with Crippen molar-refractivity contribution in [2.45, 2.75) is 51.5 Å². The lowest BCUT2D eigenvalue weighted by molar-refractivity contribution is 0.416. The molecule has 0 amide bonds. The topological polar surface area (TPSA) is 52.2 Å². The van der Waals surface area contributed by atoms with Gasteiger partial charge in [0.25, 0.3) is 5.56 Å². The molecule has 0 N–H and O–H groups in total. The van der Waals surface area contributed by atoms with Gasteiger partial charge in [0.2, 0.25) is 0 Å². The lowest BCUT2D eigenvalue weighted by Gasteiger charge is -2.22. The molecule has 0 saturated heterocycles. The number of rotatable bonds is 5. The highest BCUT2D eigenvalue weighted by molar-refractivity contribution is 9.10. The van der Waals surface area contributed by atoms with Crippen LogP contribution in [0.5, 0.6) is 0 Å². The molecule has 7 heteroatoms. The Morgan fingerprint density at radius 1 is 1.03 bits per heavy atom. The second-order valence-electron chi connectivity index (χ2n) is 10.1. The molecule has 5 aromatic rings. The fraction of sp³-hybridized carbons (Fsp3) is 0.258. The van der Waals surface area contributed by atoms with Gasteiger partial charge >= 0.3 is 0 Å². The van der Waals surface area contributed by atoms with Crippen molar-refractivity contribution in [1.82, 2.24) is 14.2 Å². The molecule has 5 nitrogen and oxygen atoms in total. The molecule has 6 rings (SSSR count). The number of para-hydroxylation sites is 1. The maximum atomic E-state index is 13.7. The monoisotopic (exact) mass is 570 g/mol. The fourth-order valence-corrected chi connectivity index (χ4v) is 5.98. The molecule has 0 bridgehead atoms. The van der Waals surface area contributed by atoms with E-state index in [1.54, 1.807) is 6.21 Å². The highest BCUT2D eigenvalue weighted by Gasteiger charge is 2.23. The molecule has 38 heavy (non-hydrogen) atoms. The van der Waals surface area contributed by atoms with Crippen molar-refractivity contribution >= 4 is 44.0 Å². The Kier molecular flexibility index (Phi) is 6.70. The lowest BCUT2D eigenvalue weighted by Crippen LogP contribution is -2.25. The average molecular weight is 571 g/mol. The van der Waals surface area contributed by atoms with Crippen molar-refractivity contribution < 1.29 is 4.39 Å². The maximum Gasteiger partial charge on any atom is 0.282 e. The second kappa shape index (κ2) is 10.3. The predicted molar refractivity (Wildman–Crippen MR) is 155 cm³/mol. The summed E-state index contributed by atoms with van der Waals surface area (Å²) in [5.74, 6) is 0.710. The van der Waals surface area contributed by atoms with Crippen LogP contribution >= 0.6 is 15.9 Å². The summed E-state index contributed by atoms with van der Waals surface area (Å²) in [5, 5.41) is 6.42. The van der Waals surface area contributed by atoms with E-state index in [1.807, 2.05) is 42.5 Å². The molecule has 3 aromatic carbocycles. The average Bonchev–Trinajstić information content (AvgIpc) is 3.20. The van der Waals surface area contributed by atoms with Crippen molar-refractivity contribution in [3.05, 3.63) is 110 Å². The van der Waals surface area contributed by atoms with Crippen LogP contribution in [0, 0.1) is 12.7 Å². The first-order valence-corrected chi connectivity index (χ1v) is 13.9. The number of hydrogen-bond donors (Lipinski definition) is 0. The molecule has 1 aliphatic rings. The summed E-state index contributed by atoms with van der Waals surface area (Å²) in [4.78, 5) is 18.7. The van der Waals surface area contributed by atoms with Crippen LogP contribution in [-0.4, -0.2) is 20.4 Å². The molecule has 0 radical (unpaired) electrons. The third kappa shape index (κ3) is 4.60. The Morgan fingerprint density at radius 3 is 2.58 bits per heavy atom. The largest absolute Gasteiger partial charge is 0.340 e. The van der Waals surface area contributed by atoms with Crippen molar-refractivity contribution in [2.24, 2.45) is 5.10 Å². The van der Waals surface area contributed by atoms with E-state index in [4.69, 9.17) is 10.1 Å². The minimum atomic E-state index is -0.245. The van der Waals surface area contributed by atoms with Gasteiger partial charge in [0, 0.05) is 39.1 Å². The van der Waals surface area contributed by atoms with Gasteiger partial charge in [-0.25, -0.2) is 9.37 Å². The van der Waals surface area contributed by atoms with Gasteiger partial charge in [0.15, 0.2) is 0 Å². The molecular weight excluding hydrogens is 543 g/mol. The van der Waals surface area contributed by atoms with E-state index in [2.05, 4.69) is 39.6 Å². The third-order valence-electron chi connectivity index (χ3n) is 7.64. The van der Waals surface area contributed by atoms with Gasteiger partial charge in [-0.3, -0.25) is 4.79 Å². The van der Waals surface area contributed by atoms with E-state index in [1.165, 1.54) is 23.2 Å². The molecule has 2 heterocycles. The zero-order valence-corrected chi connectivity index (χ0v) is 22.8. The van der Waals surface area contributed by atoms with E-state index in [0.29, 0.717) is 17.4 Å². The van der Waals surface area contributed by atoms with E-state index in [9.17, 15) is 9.18 Å². The number of halogens is 2. The zero-order chi connectivity index (χ0) is 26.2. The van der Waals surface area contributed by atoms with Crippen LogP contribution in [0.15, 0.2) is 81.1 Å². The minimum absolute atomic E-state index is 0.152. The van der Waals surface area contributed by atoms with Crippen molar-refractivity contribution in [3.8, 4) is 0 Å². The molecule has 192 valence electrons. The molecule has 0 unspecified atom stereocenters. The third-order valence-corrected chi connectivity index (χ3v) is 8.13. The first-order chi connectivity index (χ1) is 18.5. The van der Waals surface area contributed by atoms with Gasteiger partial charge in [-0.1, -0.05) is 65.5 Å². The first kappa shape index (κ1) is 24.7. The van der Waals surface area contributed by atoms with Crippen LogP contribution in [-0.2, 0) is 6.54 Å². The number of aromatic nitrogens is 3. The second-order valence-corrected chi connectivity index (χ2v) is 11.0. The Hall–Kier alpha value is -3.58. The van der Waals surface area contributed by atoms with Gasteiger partial charge in [-0.15, -0.1) is 0 Å². The van der Waals surface area contributed by atoms with Gasteiger partial charge < -0.3 is 4.57 Å². The van der Waals surface area contributed by atoms with Crippen LogP contribution in [0.2, 0.25) is 0 Å². The Bertz CT molecular complexity index is 1730. The van der Waals surface area contributed by atoms with Gasteiger partial charge in [0.1, 0.15) is 11.6 Å². The summed E-state index contributed by atoms with van der Waals surface area (Å²) in [7, 11) is 0. The minimum Gasteiger partial charge on any atom is -0.340 e. The summed E-state index contributed by atoms with van der Waals surface area (Å²) in [6, 6.07) is 20.4. The van der Waals surface area contributed by atoms with Crippen LogP contribution in [0.4, 0.5) is 4.39 Å². The molecular formula is C31H28BrFN4O. The summed E-state index contributed by atoms with van der Waals surface area (Å²) < 4.78 is 18.1. The lowest BCUT2D eigenvalue weighted by atomic mass is 9.88. The highest BCUT2D eigenvalue weighted by atomic mass is 79.9. The van der Waals surface area contributed by atoms with E-state index in [-0.39, 0.29) is 17.3 Å². The Balaban J connectivity index is 1.49. The molecule has 1 saturated carbocycles. The molecule has 0 aliphatic heterocycles. The molecule has 0 spiro atoms. The molecule has 2 aromatic heterocycles. The normalized spacial score (nSPS) is 14.7. The van der Waals surface area contributed by atoms with Gasteiger partial charge in [0.05, 0.1) is 17.1 Å². The van der Waals surface area contributed by atoms with E-state index >= 15 is 0 Å². The molecule has 0 atom stereocenters. The van der Waals surface area contributed by atoms with E-state index < -0.39 is 0 Å². The first-order valence-electron chi connectivity index (χ1n) is 13.1. The van der Waals surface area contributed by atoms with Gasteiger partial charge in [-0.05, 0) is 61.7 Å². The molecule has 1 fully saturated rings. The number of benzene rings is 3. The standard InChI is InChI=1S/C31H28BrFN4O/c1-20-27(25-9-5-6-10-29(25)36(20)19-21-11-14-24(33)15-12-21)18-34-37-30(22-7-3-2-4-8-22)35-28-16-13-23(32)17-26(28)31(37)38/h5-6,9-18,22H,2-4,7-8,19H2,1H3. The Morgan fingerprint density at radius 2 is 1.79 bits per heavy atom. The van der Waals surface area contributed by atoms with Gasteiger partial charge in [-0.2, -0.15) is 9.78 Å². The summed E-state index contributed by atoms with van der Waals surface area (Å²) >= 11 is 3.49. The van der Waals surface area contributed by atoms with Crippen LogP contribution in [0.25, 0.3) is 21.8 Å². The van der Waals surface area contributed by atoms with Crippen LogP contribution < -0.4 is 5.56 Å². The predicted octanol–water partition coefficient (Wildman–Crippen LogP) is 7.54. The van der Waals surface area contributed by atoms with Crippen molar-refractivity contribution in [2.75, 3.05) is 0 Å². The molecule has 1 aliphatic carbocycles. The van der Waals surface area contributed by atoms with Crippen LogP contribution in [0.3, 0.4) is 0 Å². The summed E-state index contributed by atoms with van der Waals surface area (Å²) in [6.07, 6.45) is 7.33. The maximum absolute atomic E-state index is 13.7. The SMILES string of the molecule is Cc1c(C=Nn2c(C3CCCCC3)nc3ccc(Br)cc3c2=O)c2ccccc2n1Cc1ccc(F)cc1. The number of nitrogens with zero attached hydrogens (tertiary/aromatic N) is 4. The van der Waals surface area contributed by atoms with Crippen LogP contribution in [0.1, 0.15) is 60.7 Å². The Labute approximate surface area is 228 Å². The number of hydrogen-bond acceptors (Lipinski definition) is 3. The quantitative estimate of drug-likeness (QED) is 0.205. The van der Waals surface area contributed by atoms with Crippen molar-refractivity contribution in [3.63, 3.8) is 0 Å².